The zero-order valence-corrected chi connectivity index (χ0v) is 15.4. The zero-order chi connectivity index (χ0) is 15.3. The Labute approximate surface area is 153 Å². The van der Waals surface area contributed by atoms with Gasteiger partial charge in [-0.1, -0.05) is 59.6 Å². The Kier molecular flexibility index (Phi) is 3.87. The summed E-state index contributed by atoms with van der Waals surface area (Å²) >= 11 is 15.1. The number of benzene rings is 2. The number of hydrogen-bond donors (Lipinski definition) is 1. The predicted octanol–water partition coefficient (Wildman–Crippen LogP) is 6.42. The van der Waals surface area contributed by atoms with Gasteiger partial charge in [0.2, 0.25) is 0 Å². The second kappa shape index (κ2) is 5.73. The van der Waals surface area contributed by atoms with Crippen LogP contribution in [0.15, 0.2) is 48.6 Å². The molecule has 2 aromatic rings. The second-order valence-electron chi connectivity index (χ2n) is 5.82. The predicted molar refractivity (Wildman–Crippen MR) is 102 cm³/mol. The van der Waals surface area contributed by atoms with E-state index in [-0.39, 0.29) is 6.04 Å². The van der Waals surface area contributed by atoms with Crippen LogP contribution in [0.4, 0.5) is 5.69 Å². The van der Waals surface area contributed by atoms with E-state index in [9.17, 15) is 0 Å². The first kappa shape index (κ1) is 14.9. The van der Waals surface area contributed by atoms with Crippen LogP contribution >= 0.6 is 45.8 Å². The number of allylic oxidation sites excluding steroid dienone is 2. The normalized spacial score (nSPS) is 25.5. The molecule has 1 aliphatic carbocycles. The van der Waals surface area contributed by atoms with Crippen molar-refractivity contribution < 1.29 is 0 Å². The van der Waals surface area contributed by atoms with Gasteiger partial charge >= 0.3 is 0 Å². The summed E-state index contributed by atoms with van der Waals surface area (Å²) in [5.41, 5.74) is 3.72. The van der Waals surface area contributed by atoms with Crippen LogP contribution in [0, 0.1) is 9.49 Å². The van der Waals surface area contributed by atoms with Crippen molar-refractivity contribution in [3.63, 3.8) is 0 Å². The minimum Gasteiger partial charge on any atom is -0.377 e. The Balaban J connectivity index is 1.86. The summed E-state index contributed by atoms with van der Waals surface area (Å²) in [7, 11) is 0. The highest BCUT2D eigenvalue weighted by atomic mass is 127. The van der Waals surface area contributed by atoms with Gasteiger partial charge in [-0.3, -0.25) is 0 Å². The molecule has 0 saturated heterocycles. The fourth-order valence-electron chi connectivity index (χ4n) is 3.65. The van der Waals surface area contributed by atoms with Gasteiger partial charge in [-0.05, 0) is 58.2 Å². The second-order valence-corrected chi connectivity index (χ2v) is 7.77. The minimum atomic E-state index is 0.189. The van der Waals surface area contributed by atoms with Gasteiger partial charge in [0.25, 0.3) is 0 Å². The van der Waals surface area contributed by atoms with E-state index < -0.39 is 0 Å². The van der Waals surface area contributed by atoms with E-state index >= 15 is 0 Å². The summed E-state index contributed by atoms with van der Waals surface area (Å²) in [6.45, 7) is 0. The van der Waals surface area contributed by atoms with Crippen molar-refractivity contribution in [2.24, 2.45) is 5.92 Å². The van der Waals surface area contributed by atoms with E-state index in [4.69, 9.17) is 23.2 Å². The molecule has 2 aliphatic rings. The smallest absolute Gasteiger partial charge is 0.0645 e. The molecule has 1 nitrogen and oxygen atoms in total. The first-order valence-electron chi connectivity index (χ1n) is 7.32. The van der Waals surface area contributed by atoms with E-state index in [1.54, 1.807) is 0 Å². The Morgan fingerprint density at radius 3 is 2.68 bits per heavy atom. The largest absolute Gasteiger partial charge is 0.377 e. The van der Waals surface area contributed by atoms with Crippen molar-refractivity contribution in [3.8, 4) is 0 Å². The molecule has 3 atom stereocenters. The maximum Gasteiger partial charge on any atom is 0.0645 e. The van der Waals surface area contributed by atoms with Gasteiger partial charge in [-0.2, -0.15) is 0 Å². The molecular formula is C18H14Cl2IN. The van der Waals surface area contributed by atoms with Gasteiger partial charge in [0.15, 0.2) is 0 Å². The summed E-state index contributed by atoms with van der Waals surface area (Å²) in [6, 6.07) is 12.6. The Morgan fingerprint density at radius 1 is 1.05 bits per heavy atom. The molecule has 0 radical (unpaired) electrons. The van der Waals surface area contributed by atoms with Gasteiger partial charge in [-0.25, -0.2) is 0 Å². The maximum absolute atomic E-state index is 6.49. The lowest BCUT2D eigenvalue weighted by molar-refractivity contribution is 0.425. The Bertz CT molecular complexity index is 772. The molecule has 0 amide bonds. The quantitative estimate of drug-likeness (QED) is 0.397. The van der Waals surface area contributed by atoms with Gasteiger partial charge in [0, 0.05) is 9.49 Å². The molecule has 1 N–H and O–H groups in total. The van der Waals surface area contributed by atoms with E-state index in [1.807, 2.05) is 12.1 Å². The van der Waals surface area contributed by atoms with Crippen molar-refractivity contribution in [3.05, 3.63) is 73.3 Å². The molecule has 2 aromatic carbocycles. The molecule has 0 spiro atoms. The fourth-order valence-corrected chi connectivity index (χ4v) is 4.75. The molecule has 0 unspecified atom stereocenters. The lowest BCUT2D eigenvalue weighted by Crippen LogP contribution is -2.29. The summed E-state index contributed by atoms with van der Waals surface area (Å²) in [4.78, 5) is 0. The van der Waals surface area contributed by atoms with Crippen LogP contribution in [0.5, 0.6) is 0 Å². The van der Waals surface area contributed by atoms with Gasteiger partial charge in [-0.15, -0.1) is 0 Å². The van der Waals surface area contributed by atoms with Crippen LogP contribution in [0.2, 0.25) is 10.0 Å². The van der Waals surface area contributed by atoms with E-state index in [0.29, 0.717) is 21.9 Å². The molecule has 1 heterocycles. The summed E-state index contributed by atoms with van der Waals surface area (Å²) in [6.07, 6.45) is 5.69. The number of halogens is 3. The molecular weight excluding hydrogens is 428 g/mol. The average Bonchev–Trinajstić information content (AvgIpc) is 3.00. The molecule has 22 heavy (non-hydrogen) atoms. The molecule has 112 valence electrons. The molecule has 4 rings (SSSR count). The third-order valence-corrected chi connectivity index (χ3v) is 6.39. The zero-order valence-electron chi connectivity index (χ0n) is 11.7. The highest BCUT2D eigenvalue weighted by Crippen LogP contribution is 2.52. The average molecular weight is 442 g/mol. The van der Waals surface area contributed by atoms with Gasteiger partial charge in [0.05, 0.1) is 21.8 Å². The van der Waals surface area contributed by atoms with E-state index in [1.165, 1.54) is 14.8 Å². The van der Waals surface area contributed by atoms with Crippen LogP contribution in [0.3, 0.4) is 0 Å². The number of nitrogens with one attached hydrogen (secondary N) is 1. The van der Waals surface area contributed by atoms with Crippen LogP contribution in [0.1, 0.15) is 29.5 Å². The van der Waals surface area contributed by atoms with Crippen molar-refractivity contribution >= 4 is 51.5 Å². The molecule has 0 fully saturated rings. The molecule has 0 saturated carbocycles. The topological polar surface area (TPSA) is 12.0 Å². The lowest BCUT2D eigenvalue weighted by Gasteiger charge is -2.38. The molecule has 4 heteroatoms. The van der Waals surface area contributed by atoms with Crippen molar-refractivity contribution in [2.45, 2.75) is 18.4 Å². The monoisotopic (exact) mass is 441 g/mol. The standard InChI is InChI=1S/C18H14Cl2IN/c19-14-8-2-7-13(16(14)20)17-11-5-1-4-10(11)12-6-3-9-15(21)18(12)22-17/h1-4,6-11,17,22H,5H2/t10-,11+,17-/m1/s1. The van der Waals surface area contributed by atoms with Crippen LogP contribution in [-0.4, -0.2) is 0 Å². The van der Waals surface area contributed by atoms with Crippen LogP contribution < -0.4 is 5.32 Å². The SMILES string of the molecule is Clc1cccc([C@@H]2Nc3c(I)cccc3[C@@H]3C=CC[C@@H]32)c1Cl. The third-order valence-electron chi connectivity index (χ3n) is 4.66. The summed E-state index contributed by atoms with van der Waals surface area (Å²) in [5, 5.41) is 5.02. The number of rotatable bonds is 1. The van der Waals surface area contributed by atoms with Crippen molar-refractivity contribution in [2.75, 3.05) is 5.32 Å². The summed E-state index contributed by atoms with van der Waals surface area (Å²) in [5.74, 6) is 0.938. The number of para-hydroxylation sites is 1. The third kappa shape index (κ3) is 2.27. The highest BCUT2D eigenvalue weighted by Gasteiger charge is 2.39. The number of fused-ring (bicyclic) bond motifs is 3. The first-order chi connectivity index (χ1) is 10.7. The summed E-state index contributed by atoms with van der Waals surface area (Å²) < 4.78 is 1.25. The van der Waals surface area contributed by atoms with Gasteiger partial charge < -0.3 is 5.32 Å². The van der Waals surface area contributed by atoms with Crippen LogP contribution in [-0.2, 0) is 0 Å². The Morgan fingerprint density at radius 2 is 1.82 bits per heavy atom. The number of anilines is 1. The van der Waals surface area contributed by atoms with Crippen molar-refractivity contribution in [1.29, 1.82) is 0 Å². The van der Waals surface area contributed by atoms with Crippen LogP contribution in [0.25, 0.3) is 0 Å². The number of hydrogen-bond acceptors (Lipinski definition) is 1. The highest BCUT2D eigenvalue weighted by molar-refractivity contribution is 14.1. The lowest BCUT2D eigenvalue weighted by atomic mass is 9.77. The molecule has 0 aromatic heterocycles. The van der Waals surface area contributed by atoms with Crippen molar-refractivity contribution in [1.82, 2.24) is 0 Å². The first-order valence-corrected chi connectivity index (χ1v) is 9.16. The fraction of sp³-hybridized carbons (Fsp3) is 0.222. The van der Waals surface area contributed by atoms with E-state index in [2.05, 4.69) is 64.3 Å². The maximum atomic E-state index is 6.49. The minimum absolute atomic E-state index is 0.189. The molecule has 1 aliphatic heterocycles. The van der Waals surface area contributed by atoms with Gasteiger partial charge in [0.1, 0.15) is 0 Å². The van der Waals surface area contributed by atoms with E-state index in [0.717, 1.165) is 12.0 Å². The molecule has 0 bridgehead atoms. The Hall–Kier alpha value is -0.710.